The molecule has 94 valence electrons. The Labute approximate surface area is 111 Å². The van der Waals surface area contributed by atoms with Crippen LogP contribution in [0.2, 0.25) is 5.02 Å². The van der Waals surface area contributed by atoms with Crippen molar-refractivity contribution in [2.45, 2.75) is 13.8 Å². The smallest absolute Gasteiger partial charge is 0.243 e. The molecule has 0 aliphatic carbocycles. The minimum absolute atomic E-state index is 0.350. The van der Waals surface area contributed by atoms with Crippen LogP contribution in [0.4, 0.5) is 5.95 Å². The Bertz CT molecular complexity index is 572. The van der Waals surface area contributed by atoms with E-state index in [0.29, 0.717) is 16.9 Å². The first kappa shape index (κ1) is 12.6. The standard InChI is InChI=1S/C13H14ClN3O/c1-8-4-5-11(9(2)6-8)18-12-10(14)7-16-13(15-3)17-12/h4-7H,1-3H3,(H,15,16,17). The molecule has 2 rings (SSSR count). The van der Waals surface area contributed by atoms with Gasteiger partial charge in [-0.25, -0.2) is 4.98 Å². The summed E-state index contributed by atoms with van der Waals surface area (Å²) in [6.45, 7) is 4.02. The van der Waals surface area contributed by atoms with Gasteiger partial charge >= 0.3 is 0 Å². The monoisotopic (exact) mass is 263 g/mol. The van der Waals surface area contributed by atoms with E-state index < -0.39 is 0 Å². The summed E-state index contributed by atoms with van der Waals surface area (Å²) in [4.78, 5) is 8.17. The number of aromatic nitrogens is 2. The molecule has 0 saturated carbocycles. The van der Waals surface area contributed by atoms with Crippen molar-refractivity contribution < 1.29 is 4.74 Å². The Morgan fingerprint density at radius 3 is 2.72 bits per heavy atom. The molecule has 18 heavy (non-hydrogen) atoms. The summed E-state index contributed by atoms with van der Waals surface area (Å²) in [6, 6.07) is 5.93. The Hall–Kier alpha value is -1.81. The molecule has 0 spiro atoms. The molecule has 0 amide bonds. The zero-order valence-electron chi connectivity index (χ0n) is 10.5. The number of aryl methyl sites for hydroxylation is 2. The lowest BCUT2D eigenvalue weighted by atomic mass is 10.1. The number of halogens is 1. The molecule has 0 bridgehead atoms. The topological polar surface area (TPSA) is 47.0 Å². The maximum Gasteiger partial charge on any atom is 0.243 e. The molecule has 2 aromatic rings. The van der Waals surface area contributed by atoms with Gasteiger partial charge in [-0.05, 0) is 25.5 Å². The van der Waals surface area contributed by atoms with Crippen LogP contribution in [0, 0.1) is 13.8 Å². The highest BCUT2D eigenvalue weighted by molar-refractivity contribution is 6.31. The number of nitrogens with one attached hydrogen (secondary N) is 1. The van der Waals surface area contributed by atoms with Crippen LogP contribution < -0.4 is 10.1 Å². The highest BCUT2D eigenvalue weighted by atomic mass is 35.5. The van der Waals surface area contributed by atoms with Crippen molar-refractivity contribution in [3.05, 3.63) is 40.5 Å². The molecule has 0 unspecified atom stereocenters. The molecule has 0 fully saturated rings. The molecule has 1 aromatic carbocycles. The Balaban J connectivity index is 2.33. The van der Waals surface area contributed by atoms with Crippen LogP contribution in [0.5, 0.6) is 11.6 Å². The van der Waals surface area contributed by atoms with E-state index in [2.05, 4.69) is 15.3 Å². The first-order chi connectivity index (χ1) is 8.60. The molecule has 0 aliphatic rings. The van der Waals surface area contributed by atoms with E-state index in [9.17, 15) is 0 Å². The van der Waals surface area contributed by atoms with E-state index in [0.717, 1.165) is 11.3 Å². The van der Waals surface area contributed by atoms with Gasteiger partial charge < -0.3 is 10.1 Å². The lowest BCUT2D eigenvalue weighted by Crippen LogP contribution is -1.99. The quantitative estimate of drug-likeness (QED) is 0.919. The van der Waals surface area contributed by atoms with Gasteiger partial charge in [-0.15, -0.1) is 0 Å². The van der Waals surface area contributed by atoms with Gasteiger partial charge in [0.1, 0.15) is 10.8 Å². The molecule has 1 N–H and O–H groups in total. The lowest BCUT2D eigenvalue weighted by molar-refractivity contribution is 0.459. The van der Waals surface area contributed by atoms with Crippen LogP contribution in [0.15, 0.2) is 24.4 Å². The molecular formula is C13H14ClN3O. The van der Waals surface area contributed by atoms with E-state index in [-0.39, 0.29) is 0 Å². The molecule has 0 saturated heterocycles. The number of hydrogen-bond donors (Lipinski definition) is 1. The van der Waals surface area contributed by atoms with Gasteiger partial charge in [-0.2, -0.15) is 4.98 Å². The largest absolute Gasteiger partial charge is 0.437 e. The Morgan fingerprint density at radius 1 is 1.28 bits per heavy atom. The fourth-order valence-corrected chi connectivity index (χ4v) is 1.69. The summed E-state index contributed by atoms with van der Waals surface area (Å²) in [5, 5.41) is 3.23. The first-order valence-corrected chi connectivity index (χ1v) is 5.93. The van der Waals surface area contributed by atoms with Crippen molar-refractivity contribution in [2.24, 2.45) is 0 Å². The zero-order valence-corrected chi connectivity index (χ0v) is 11.2. The molecule has 0 aliphatic heterocycles. The van der Waals surface area contributed by atoms with Gasteiger partial charge in [-0.1, -0.05) is 29.3 Å². The predicted molar refractivity (Wildman–Crippen MR) is 72.6 cm³/mol. The van der Waals surface area contributed by atoms with Gasteiger partial charge in [0.15, 0.2) is 0 Å². The summed E-state index contributed by atoms with van der Waals surface area (Å²) < 4.78 is 5.71. The van der Waals surface area contributed by atoms with Crippen molar-refractivity contribution in [3.8, 4) is 11.6 Å². The fraction of sp³-hybridized carbons (Fsp3) is 0.231. The van der Waals surface area contributed by atoms with Gasteiger partial charge in [0, 0.05) is 7.05 Å². The summed E-state index contributed by atoms with van der Waals surface area (Å²) >= 11 is 6.01. The lowest BCUT2D eigenvalue weighted by Gasteiger charge is -2.10. The molecule has 1 heterocycles. The maximum absolute atomic E-state index is 6.01. The molecule has 1 aromatic heterocycles. The van der Waals surface area contributed by atoms with Gasteiger partial charge in [0.2, 0.25) is 11.8 Å². The minimum atomic E-state index is 0.350. The Kier molecular flexibility index (Phi) is 3.67. The van der Waals surface area contributed by atoms with E-state index in [1.165, 1.54) is 11.8 Å². The van der Waals surface area contributed by atoms with Gasteiger partial charge in [-0.3, -0.25) is 0 Å². The molecular weight excluding hydrogens is 250 g/mol. The normalized spacial score (nSPS) is 10.2. The molecule has 4 nitrogen and oxygen atoms in total. The van der Waals surface area contributed by atoms with Crippen LogP contribution in [0.3, 0.4) is 0 Å². The molecule has 0 atom stereocenters. The van der Waals surface area contributed by atoms with Crippen LogP contribution in [-0.2, 0) is 0 Å². The minimum Gasteiger partial charge on any atom is -0.437 e. The summed E-state index contributed by atoms with van der Waals surface area (Å²) in [6.07, 6.45) is 1.51. The fourth-order valence-electron chi connectivity index (χ4n) is 1.56. The van der Waals surface area contributed by atoms with E-state index >= 15 is 0 Å². The van der Waals surface area contributed by atoms with Crippen LogP contribution in [-0.4, -0.2) is 17.0 Å². The Morgan fingerprint density at radius 2 is 2.06 bits per heavy atom. The van der Waals surface area contributed by atoms with Crippen LogP contribution >= 0.6 is 11.6 Å². The number of anilines is 1. The first-order valence-electron chi connectivity index (χ1n) is 5.55. The highest BCUT2D eigenvalue weighted by Crippen LogP contribution is 2.29. The number of benzene rings is 1. The van der Waals surface area contributed by atoms with Crippen molar-refractivity contribution in [1.82, 2.24) is 9.97 Å². The van der Waals surface area contributed by atoms with Crippen LogP contribution in [0.25, 0.3) is 0 Å². The van der Waals surface area contributed by atoms with Gasteiger partial charge in [0.25, 0.3) is 0 Å². The van der Waals surface area contributed by atoms with Crippen molar-refractivity contribution in [1.29, 1.82) is 0 Å². The van der Waals surface area contributed by atoms with E-state index in [4.69, 9.17) is 16.3 Å². The number of hydrogen-bond acceptors (Lipinski definition) is 4. The summed E-state index contributed by atoms with van der Waals surface area (Å²) in [5.41, 5.74) is 2.22. The van der Waals surface area contributed by atoms with Crippen molar-refractivity contribution in [3.63, 3.8) is 0 Å². The maximum atomic E-state index is 6.01. The van der Waals surface area contributed by atoms with Crippen molar-refractivity contribution >= 4 is 17.5 Å². The summed E-state index contributed by atoms with van der Waals surface area (Å²) in [7, 11) is 1.74. The third-order valence-corrected chi connectivity index (χ3v) is 2.73. The molecule has 0 radical (unpaired) electrons. The third-order valence-electron chi connectivity index (χ3n) is 2.47. The molecule has 5 heteroatoms. The number of ether oxygens (including phenoxy) is 1. The van der Waals surface area contributed by atoms with Crippen molar-refractivity contribution in [2.75, 3.05) is 12.4 Å². The van der Waals surface area contributed by atoms with E-state index in [1.54, 1.807) is 7.05 Å². The SMILES string of the molecule is CNc1ncc(Cl)c(Oc2ccc(C)cc2C)n1. The second-order valence-corrected chi connectivity index (χ2v) is 4.37. The zero-order chi connectivity index (χ0) is 13.1. The average Bonchev–Trinajstić information content (AvgIpc) is 2.35. The second-order valence-electron chi connectivity index (χ2n) is 3.97. The third kappa shape index (κ3) is 2.71. The van der Waals surface area contributed by atoms with Crippen LogP contribution in [0.1, 0.15) is 11.1 Å². The summed E-state index contributed by atoms with van der Waals surface area (Å²) in [5.74, 6) is 1.56. The van der Waals surface area contributed by atoms with E-state index in [1.807, 2.05) is 32.0 Å². The second kappa shape index (κ2) is 5.23. The predicted octanol–water partition coefficient (Wildman–Crippen LogP) is 3.58. The number of rotatable bonds is 3. The van der Waals surface area contributed by atoms with Gasteiger partial charge in [0.05, 0.1) is 6.20 Å². The average molecular weight is 264 g/mol. The number of nitrogens with zero attached hydrogens (tertiary/aromatic N) is 2. The highest BCUT2D eigenvalue weighted by Gasteiger charge is 2.09.